The maximum atomic E-state index is 12.9. The van der Waals surface area contributed by atoms with Crippen molar-refractivity contribution in [2.75, 3.05) is 10.6 Å². The predicted molar refractivity (Wildman–Crippen MR) is 140 cm³/mol. The van der Waals surface area contributed by atoms with E-state index in [-0.39, 0.29) is 11.8 Å². The van der Waals surface area contributed by atoms with Crippen LogP contribution in [0.4, 0.5) is 11.4 Å². The maximum Gasteiger partial charge on any atom is 0.240 e. The zero-order valence-electron chi connectivity index (χ0n) is 19.5. The van der Waals surface area contributed by atoms with Gasteiger partial charge in [0, 0.05) is 27.9 Å². The van der Waals surface area contributed by atoms with Crippen molar-refractivity contribution < 1.29 is 14.3 Å². The molecule has 1 saturated carbocycles. The van der Waals surface area contributed by atoms with E-state index >= 15 is 0 Å². The second-order valence-corrected chi connectivity index (χ2v) is 9.43. The minimum absolute atomic E-state index is 0.275. The highest BCUT2D eigenvalue weighted by Crippen LogP contribution is 2.47. The van der Waals surface area contributed by atoms with E-state index in [0.717, 1.165) is 26.9 Å². The van der Waals surface area contributed by atoms with E-state index in [1.165, 1.54) is 0 Å². The highest BCUT2D eigenvalue weighted by atomic mass is 32.1. The fraction of sp³-hybridized carbons (Fsp3) is 0.179. The van der Waals surface area contributed by atoms with Gasteiger partial charge in [-0.05, 0) is 86.8 Å². The Bertz CT molecular complexity index is 1430. The largest absolute Gasteiger partial charge is 0.457 e. The fourth-order valence-corrected chi connectivity index (χ4v) is 4.09. The number of rotatable bonds is 6. The topological polar surface area (TPSA) is 80.3 Å². The number of nitrogens with zero attached hydrogens (tertiary/aromatic N) is 1. The first-order valence-electron chi connectivity index (χ1n) is 11.4. The SMILES string of the molecule is Cc1ccc(NC(=O)C2(C(=O)Nc3ccc(Oc4ccnc5cc(S)c(C)cc45)cc3)CC2)cc1. The average molecular weight is 484 g/mol. The van der Waals surface area contributed by atoms with Crippen LogP contribution in [-0.2, 0) is 9.59 Å². The van der Waals surface area contributed by atoms with Gasteiger partial charge < -0.3 is 15.4 Å². The molecule has 35 heavy (non-hydrogen) atoms. The van der Waals surface area contributed by atoms with Gasteiger partial charge in [0.2, 0.25) is 11.8 Å². The van der Waals surface area contributed by atoms with E-state index < -0.39 is 5.41 Å². The third-order valence-electron chi connectivity index (χ3n) is 6.29. The standard InChI is InChI=1S/C28H25N3O3S/c1-17-3-5-19(6-4-17)30-26(32)28(12-13-28)27(33)31-20-7-9-21(10-8-20)34-24-11-14-29-23-16-25(35)18(2)15-22(23)24/h3-11,14-16,35H,12-13H2,1-2H3,(H,30,32)(H,31,33). The van der Waals surface area contributed by atoms with Gasteiger partial charge in [0.25, 0.3) is 0 Å². The van der Waals surface area contributed by atoms with E-state index in [1.807, 2.05) is 56.3 Å². The monoisotopic (exact) mass is 483 g/mol. The van der Waals surface area contributed by atoms with Crippen molar-refractivity contribution in [1.82, 2.24) is 4.98 Å². The Morgan fingerprint density at radius 1 is 0.886 bits per heavy atom. The minimum atomic E-state index is -1.03. The third kappa shape index (κ3) is 4.72. The summed E-state index contributed by atoms with van der Waals surface area (Å²) >= 11 is 4.47. The quantitative estimate of drug-likeness (QED) is 0.222. The summed E-state index contributed by atoms with van der Waals surface area (Å²) in [5, 5.41) is 6.65. The lowest BCUT2D eigenvalue weighted by Gasteiger charge is -2.16. The highest BCUT2D eigenvalue weighted by Gasteiger charge is 2.56. The zero-order chi connectivity index (χ0) is 24.6. The van der Waals surface area contributed by atoms with Gasteiger partial charge >= 0.3 is 0 Å². The molecule has 2 N–H and O–H groups in total. The molecule has 1 aliphatic carbocycles. The molecule has 0 radical (unpaired) electrons. The summed E-state index contributed by atoms with van der Waals surface area (Å²) in [7, 11) is 0. The summed E-state index contributed by atoms with van der Waals surface area (Å²) in [6.45, 7) is 3.97. The molecule has 7 heteroatoms. The number of thiol groups is 1. The Morgan fingerprint density at radius 3 is 2.09 bits per heavy atom. The summed E-state index contributed by atoms with van der Waals surface area (Å²) in [5.74, 6) is 0.742. The zero-order valence-corrected chi connectivity index (χ0v) is 20.4. The molecular formula is C28H25N3O3S. The van der Waals surface area contributed by atoms with Crippen molar-refractivity contribution >= 4 is 46.7 Å². The summed E-state index contributed by atoms with van der Waals surface area (Å²) in [6.07, 6.45) is 2.76. The van der Waals surface area contributed by atoms with Crippen molar-refractivity contribution in [3.8, 4) is 11.5 Å². The number of aromatic nitrogens is 1. The van der Waals surface area contributed by atoms with Gasteiger partial charge in [-0.2, -0.15) is 0 Å². The lowest BCUT2D eigenvalue weighted by molar-refractivity contribution is -0.131. The highest BCUT2D eigenvalue weighted by molar-refractivity contribution is 7.80. The number of carbonyl (C=O) groups is 2. The Kier molecular flexibility index (Phi) is 5.94. The van der Waals surface area contributed by atoms with Crippen LogP contribution in [0, 0.1) is 19.3 Å². The number of benzene rings is 3. The summed E-state index contributed by atoms with van der Waals surface area (Å²) in [6, 6.07) is 20.4. The van der Waals surface area contributed by atoms with Crippen LogP contribution in [0.2, 0.25) is 0 Å². The van der Waals surface area contributed by atoms with E-state index in [0.29, 0.717) is 35.7 Å². The Morgan fingerprint density at radius 2 is 1.49 bits per heavy atom. The number of hydrogen-bond acceptors (Lipinski definition) is 5. The van der Waals surface area contributed by atoms with E-state index in [9.17, 15) is 9.59 Å². The van der Waals surface area contributed by atoms with Crippen LogP contribution >= 0.6 is 12.6 Å². The van der Waals surface area contributed by atoms with Gasteiger partial charge in [-0.1, -0.05) is 17.7 Å². The van der Waals surface area contributed by atoms with Crippen molar-refractivity contribution in [1.29, 1.82) is 0 Å². The van der Waals surface area contributed by atoms with Crippen LogP contribution in [0.3, 0.4) is 0 Å². The number of nitrogens with one attached hydrogen (secondary N) is 2. The molecule has 0 spiro atoms. The van der Waals surface area contributed by atoms with E-state index in [1.54, 1.807) is 30.5 Å². The van der Waals surface area contributed by atoms with Crippen LogP contribution in [0.5, 0.6) is 11.5 Å². The molecule has 0 saturated heterocycles. The fourth-order valence-electron chi connectivity index (χ4n) is 3.91. The second kappa shape index (κ2) is 9.07. The molecule has 1 aromatic heterocycles. The molecule has 0 bridgehead atoms. The lowest BCUT2D eigenvalue weighted by atomic mass is 10.0. The van der Waals surface area contributed by atoms with Crippen LogP contribution in [-0.4, -0.2) is 16.8 Å². The van der Waals surface area contributed by atoms with Crippen LogP contribution in [0.25, 0.3) is 10.9 Å². The molecule has 176 valence electrons. The maximum absolute atomic E-state index is 12.9. The Balaban J connectivity index is 1.26. The molecular weight excluding hydrogens is 458 g/mol. The van der Waals surface area contributed by atoms with Crippen molar-refractivity contribution in [3.05, 3.63) is 84.1 Å². The Hall–Kier alpha value is -3.84. The lowest BCUT2D eigenvalue weighted by Crippen LogP contribution is -2.35. The van der Waals surface area contributed by atoms with Crippen molar-refractivity contribution in [2.45, 2.75) is 31.6 Å². The van der Waals surface area contributed by atoms with Gasteiger partial charge in [-0.15, -0.1) is 12.6 Å². The van der Waals surface area contributed by atoms with Crippen LogP contribution in [0.15, 0.2) is 77.8 Å². The Labute approximate surface area is 209 Å². The molecule has 3 aromatic carbocycles. The molecule has 1 heterocycles. The molecule has 0 atom stereocenters. The molecule has 0 unspecified atom stereocenters. The number of anilines is 2. The smallest absolute Gasteiger partial charge is 0.240 e. The van der Waals surface area contributed by atoms with Crippen molar-refractivity contribution in [3.63, 3.8) is 0 Å². The molecule has 6 nitrogen and oxygen atoms in total. The molecule has 5 rings (SSSR count). The molecule has 2 amide bonds. The van der Waals surface area contributed by atoms with Gasteiger partial charge in [0.05, 0.1) is 5.52 Å². The third-order valence-corrected chi connectivity index (χ3v) is 6.77. The molecule has 1 fully saturated rings. The first kappa shape index (κ1) is 22.9. The predicted octanol–water partition coefficient (Wildman–Crippen LogP) is 6.29. The second-order valence-electron chi connectivity index (χ2n) is 8.95. The van der Waals surface area contributed by atoms with Gasteiger partial charge in [0.15, 0.2) is 0 Å². The number of carbonyl (C=O) groups excluding carboxylic acids is 2. The van der Waals surface area contributed by atoms with Gasteiger partial charge in [0.1, 0.15) is 16.9 Å². The number of ether oxygens (including phenoxy) is 1. The average Bonchev–Trinajstić information content (AvgIpc) is 3.65. The van der Waals surface area contributed by atoms with E-state index in [4.69, 9.17) is 4.74 Å². The number of fused-ring (bicyclic) bond motifs is 1. The molecule has 1 aliphatic rings. The summed E-state index contributed by atoms with van der Waals surface area (Å²) in [5.41, 5.74) is 3.21. The summed E-state index contributed by atoms with van der Waals surface area (Å²) in [4.78, 5) is 31.0. The molecule has 0 aliphatic heterocycles. The van der Waals surface area contributed by atoms with Crippen molar-refractivity contribution in [2.24, 2.45) is 5.41 Å². The van der Waals surface area contributed by atoms with Crippen LogP contribution in [0.1, 0.15) is 24.0 Å². The van der Waals surface area contributed by atoms with Gasteiger partial charge in [-0.3, -0.25) is 14.6 Å². The first-order valence-corrected chi connectivity index (χ1v) is 11.8. The minimum Gasteiger partial charge on any atom is -0.457 e. The normalized spacial score (nSPS) is 13.8. The number of pyridine rings is 1. The first-order chi connectivity index (χ1) is 16.8. The van der Waals surface area contributed by atoms with E-state index in [2.05, 4.69) is 28.2 Å². The van der Waals surface area contributed by atoms with Crippen LogP contribution < -0.4 is 15.4 Å². The number of aryl methyl sites for hydroxylation is 2. The number of amides is 2. The van der Waals surface area contributed by atoms with Gasteiger partial charge in [-0.25, -0.2) is 0 Å². The summed E-state index contributed by atoms with van der Waals surface area (Å²) < 4.78 is 6.10. The molecule has 4 aromatic rings. The number of hydrogen-bond donors (Lipinski definition) is 3.